The number of ketones is 1. The van der Waals surface area contributed by atoms with Crippen LogP contribution in [0.4, 0.5) is 11.4 Å². The number of carbonyl (C=O) groups is 2. The lowest BCUT2D eigenvalue weighted by Crippen LogP contribution is -2.29. The zero-order valence-electron chi connectivity index (χ0n) is 17.0. The largest absolute Gasteiger partial charge is 0.507 e. The highest BCUT2D eigenvalue weighted by molar-refractivity contribution is 6.51. The summed E-state index contributed by atoms with van der Waals surface area (Å²) in [6.07, 6.45) is 0. The summed E-state index contributed by atoms with van der Waals surface area (Å²) in [6.45, 7) is 0. The van der Waals surface area contributed by atoms with E-state index in [1.807, 2.05) is 0 Å². The van der Waals surface area contributed by atoms with Crippen molar-refractivity contribution in [1.29, 1.82) is 0 Å². The van der Waals surface area contributed by atoms with E-state index in [4.69, 9.17) is 4.74 Å². The lowest BCUT2D eigenvalue weighted by atomic mass is 9.94. The number of benzene rings is 3. The molecule has 1 fully saturated rings. The summed E-state index contributed by atoms with van der Waals surface area (Å²) in [7, 11) is 1.47. The van der Waals surface area contributed by atoms with E-state index in [2.05, 4.69) is 0 Å². The zero-order chi connectivity index (χ0) is 22.8. The molecule has 1 saturated heterocycles. The molecule has 8 nitrogen and oxygen atoms in total. The fourth-order valence-corrected chi connectivity index (χ4v) is 3.80. The molecule has 1 unspecified atom stereocenters. The predicted molar refractivity (Wildman–Crippen MR) is 117 cm³/mol. The second kappa shape index (κ2) is 8.35. The minimum absolute atomic E-state index is 0.0603. The molecule has 1 aliphatic rings. The molecule has 1 N–H and O–H groups in total. The van der Waals surface area contributed by atoms with Crippen molar-refractivity contribution in [2.75, 3.05) is 12.0 Å². The molecule has 1 atom stereocenters. The number of nitrogens with zero attached hydrogens (tertiary/aromatic N) is 2. The number of methoxy groups -OCH3 is 1. The Morgan fingerprint density at radius 2 is 1.69 bits per heavy atom. The van der Waals surface area contributed by atoms with Gasteiger partial charge < -0.3 is 9.84 Å². The average molecular weight is 430 g/mol. The molecular weight excluding hydrogens is 412 g/mol. The summed E-state index contributed by atoms with van der Waals surface area (Å²) in [5, 5.41) is 22.3. The quantitative estimate of drug-likeness (QED) is 0.213. The number of aliphatic hydroxyl groups is 1. The summed E-state index contributed by atoms with van der Waals surface area (Å²) < 4.78 is 5.45. The van der Waals surface area contributed by atoms with Crippen molar-refractivity contribution in [3.63, 3.8) is 0 Å². The van der Waals surface area contributed by atoms with Gasteiger partial charge in [0.2, 0.25) is 0 Å². The number of carbonyl (C=O) groups excluding carboxylic acids is 2. The molecule has 1 amide bonds. The summed E-state index contributed by atoms with van der Waals surface area (Å²) >= 11 is 0. The number of aliphatic hydroxyl groups excluding tert-OH is 1. The monoisotopic (exact) mass is 430 g/mol. The first-order valence-corrected chi connectivity index (χ1v) is 9.68. The Morgan fingerprint density at radius 3 is 2.38 bits per heavy atom. The molecule has 3 aromatic rings. The highest BCUT2D eigenvalue weighted by atomic mass is 16.6. The maximum absolute atomic E-state index is 13.1. The van der Waals surface area contributed by atoms with Gasteiger partial charge in [-0.3, -0.25) is 24.6 Å². The van der Waals surface area contributed by atoms with Crippen molar-refractivity contribution < 1.29 is 24.4 Å². The third-order valence-electron chi connectivity index (χ3n) is 5.24. The van der Waals surface area contributed by atoms with E-state index in [1.165, 1.54) is 30.2 Å². The van der Waals surface area contributed by atoms with Gasteiger partial charge in [0, 0.05) is 28.9 Å². The van der Waals surface area contributed by atoms with E-state index in [1.54, 1.807) is 54.6 Å². The first kappa shape index (κ1) is 20.8. The maximum atomic E-state index is 13.1. The van der Waals surface area contributed by atoms with Crippen LogP contribution in [0.25, 0.3) is 5.76 Å². The Balaban J connectivity index is 1.99. The van der Waals surface area contributed by atoms with Crippen LogP contribution in [-0.2, 0) is 9.59 Å². The summed E-state index contributed by atoms with van der Waals surface area (Å²) in [5.74, 6) is -1.79. The summed E-state index contributed by atoms with van der Waals surface area (Å²) in [6, 6.07) is 19.8. The molecule has 8 heteroatoms. The van der Waals surface area contributed by atoms with Crippen molar-refractivity contribution in [1.82, 2.24) is 0 Å². The molecule has 3 aromatic carbocycles. The lowest BCUT2D eigenvalue weighted by molar-refractivity contribution is -0.384. The standard InChI is InChI=1S/C24H18N2O6/c1-32-19-13-6-5-12-18(19)21-20(22(27)15-8-7-11-17(14-15)26(30)31)23(28)24(29)25(21)16-9-3-2-4-10-16/h2-14,21,27H,1H3/b22-20+. The molecule has 0 aliphatic carbocycles. The van der Waals surface area contributed by atoms with Crippen molar-refractivity contribution in [3.05, 3.63) is 106 Å². The molecule has 1 heterocycles. The number of anilines is 1. The minimum Gasteiger partial charge on any atom is -0.507 e. The smallest absolute Gasteiger partial charge is 0.300 e. The molecule has 0 saturated carbocycles. The Labute approximate surface area is 183 Å². The van der Waals surface area contributed by atoms with Gasteiger partial charge in [-0.25, -0.2) is 0 Å². The topological polar surface area (TPSA) is 110 Å². The highest BCUT2D eigenvalue weighted by Crippen LogP contribution is 2.44. The molecule has 0 radical (unpaired) electrons. The molecular formula is C24H18N2O6. The van der Waals surface area contributed by atoms with Gasteiger partial charge in [0.25, 0.3) is 17.4 Å². The van der Waals surface area contributed by atoms with Crippen molar-refractivity contribution in [2.24, 2.45) is 0 Å². The average Bonchev–Trinajstić information content (AvgIpc) is 3.09. The zero-order valence-corrected chi connectivity index (χ0v) is 17.0. The van der Waals surface area contributed by atoms with Gasteiger partial charge in [-0.1, -0.05) is 48.5 Å². The van der Waals surface area contributed by atoms with Crippen LogP contribution in [0.2, 0.25) is 0 Å². The number of para-hydroxylation sites is 2. The molecule has 0 spiro atoms. The van der Waals surface area contributed by atoms with Crippen LogP contribution in [0, 0.1) is 10.1 Å². The van der Waals surface area contributed by atoms with Gasteiger partial charge in [-0.05, 0) is 18.2 Å². The SMILES string of the molecule is COc1ccccc1C1/C(=C(\O)c2cccc([N+](=O)[O-])c2)C(=O)C(=O)N1c1ccccc1. The number of hydrogen-bond acceptors (Lipinski definition) is 6. The predicted octanol–water partition coefficient (Wildman–Crippen LogP) is 4.23. The number of hydrogen-bond donors (Lipinski definition) is 1. The van der Waals surface area contributed by atoms with Crippen LogP contribution >= 0.6 is 0 Å². The number of amides is 1. The minimum atomic E-state index is -0.993. The van der Waals surface area contributed by atoms with E-state index >= 15 is 0 Å². The normalized spacial score (nSPS) is 17.4. The van der Waals surface area contributed by atoms with Crippen molar-refractivity contribution >= 4 is 28.8 Å². The van der Waals surface area contributed by atoms with Crippen LogP contribution in [-0.4, -0.2) is 28.8 Å². The molecule has 160 valence electrons. The maximum Gasteiger partial charge on any atom is 0.300 e. The Kier molecular flexibility index (Phi) is 5.43. The second-order valence-electron chi connectivity index (χ2n) is 7.05. The fraction of sp³-hybridized carbons (Fsp3) is 0.0833. The number of non-ortho nitro benzene ring substituents is 1. The number of nitro groups is 1. The Hall–Kier alpha value is -4.46. The molecule has 0 aromatic heterocycles. The van der Waals surface area contributed by atoms with Gasteiger partial charge in [0.1, 0.15) is 11.5 Å². The molecule has 4 rings (SSSR count). The van der Waals surface area contributed by atoms with E-state index in [0.29, 0.717) is 17.0 Å². The number of rotatable bonds is 5. The lowest BCUT2D eigenvalue weighted by Gasteiger charge is -2.26. The van der Waals surface area contributed by atoms with Crippen LogP contribution in [0.15, 0.2) is 84.4 Å². The first-order chi connectivity index (χ1) is 15.4. The number of Topliss-reactive ketones (excluding diaryl/α,β-unsaturated/α-hetero) is 1. The van der Waals surface area contributed by atoms with Crippen molar-refractivity contribution in [2.45, 2.75) is 6.04 Å². The first-order valence-electron chi connectivity index (χ1n) is 9.68. The fourth-order valence-electron chi connectivity index (χ4n) is 3.80. The Bertz CT molecular complexity index is 1250. The highest BCUT2D eigenvalue weighted by Gasteiger charge is 2.47. The second-order valence-corrected chi connectivity index (χ2v) is 7.05. The third-order valence-corrected chi connectivity index (χ3v) is 5.24. The van der Waals surface area contributed by atoms with E-state index in [-0.39, 0.29) is 16.8 Å². The van der Waals surface area contributed by atoms with Crippen LogP contribution in [0.3, 0.4) is 0 Å². The summed E-state index contributed by atoms with van der Waals surface area (Å²) in [5.41, 5.74) is 0.586. The van der Waals surface area contributed by atoms with Gasteiger partial charge in [-0.2, -0.15) is 0 Å². The van der Waals surface area contributed by atoms with Crippen LogP contribution < -0.4 is 9.64 Å². The number of nitro benzene ring substituents is 1. The van der Waals surface area contributed by atoms with E-state index < -0.39 is 28.4 Å². The molecule has 0 bridgehead atoms. The summed E-state index contributed by atoms with van der Waals surface area (Å²) in [4.78, 5) is 38.1. The van der Waals surface area contributed by atoms with Gasteiger partial charge >= 0.3 is 0 Å². The van der Waals surface area contributed by atoms with E-state index in [9.17, 15) is 24.8 Å². The molecule has 1 aliphatic heterocycles. The molecule has 32 heavy (non-hydrogen) atoms. The number of ether oxygens (including phenoxy) is 1. The van der Waals surface area contributed by atoms with E-state index in [0.717, 1.165) is 6.07 Å². The third kappa shape index (κ3) is 3.47. The van der Waals surface area contributed by atoms with Crippen LogP contribution in [0.5, 0.6) is 5.75 Å². The van der Waals surface area contributed by atoms with Gasteiger partial charge in [0.05, 0.1) is 23.6 Å². The van der Waals surface area contributed by atoms with Gasteiger partial charge in [-0.15, -0.1) is 0 Å². The Morgan fingerprint density at radius 1 is 1.00 bits per heavy atom. The van der Waals surface area contributed by atoms with Crippen molar-refractivity contribution in [3.8, 4) is 5.75 Å². The van der Waals surface area contributed by atoms with Crippen LogP contribution in [0.1, 0.15) is 17.2 Å². The van der Waals surface area contributed by atoms with Gasteiger partial charge in [0.15, 0.2) is 0 Å².